The molecule has 0 amide bonds. The van der Waals surface area contributed by atoms with Crippen LogP contribution in [0.15, 0.2) is 143 Å². The van der Waals surface area contributed by atoms with Crippen molar-refractivity contribution in [2.24, 2.45) is 0 Å². The molecular formula is C54H46O2S8. The topological polar surface area (TPSA) is 18.5 Å². The number of fused-ring (bicyclic) bond motifs is 2. The maximum absolute atomic E-state index is 6.42. The molecule has 6 aromatic heterocycles. The van der Waals surface area contributed by atoms with Crippen LogP contribution in [-0.4, -0.2) is 24.7 Å². The summed E-state index contributed by atoms with van der Waals surface area (Å²) in [5.74, 6) is 1.56. The highest BCUT2D eigenvalue weighted by Crippen LogP contribution is 2.44. The molecule has 10 aromatic rings. The van der Waals surface area contributed by atoms with E-state index in [9.17, 15) is 0 Å². The summed E-state index contributed by atoms with van der Waals surface area (Å²) in [4.78, 5) is 10.7. The van der Waals surface area contributed by atoms with Gasteiger partial charge in [0, 0.05) is 39.0 Å². The second-order valence-electron chi connectivity index (χ2n) is 15.7. The van der Waals surface area contributed by atoms with Gasteiger partial charge in [-0.3, -0.25) is 0 Å². The number of thiophene rings is 6. The fourth-order valence-corrected chi connectivity index (χ4v) is 14.9. The van der Waals surface area contributed by atoms with Crippen molar-refractivity contribution in [2.45, 2.75) is 38.9 Å². The number of thiol groups is 2. The fraction of sp³-hybridized carbons (Fsp3) is 0.185. The van der Waals surface area contributed by atoms with Gasteiger partial charge in [0.1, 0.15) is 0 Å². The Hall–Kier alpha value is -3.78. The van der Waals surface area contributed by atoms with Gasteiger partial charge in [0.2, 0.25) is 0 Å². The molecule has 6 heterocycles. The molecule has 0 atom stereocenters. The van der Waals surface area contributed by atoms with E-state index in [1.54, 1.807) is 22.7 Å². The lowest BCUT2D eigenvalue weighted by Crippen LogP contribution is -2.01. The fourth-order valence-electron chi connectivity index (χ4n) is 8.56. The van der Waals surface area contributed by atoms with E-state index in [-0.39, 0.29) is 0 Å². The summed E-state index contributed by atoms with van der Waals surface area (Å²) in [6.07, 6.45) is 3.54. The largest absolute Gasteiger partial charge is 0.376 e. The summed E-state index contributed by atoms with van der Waals surface area (Å²) in [6, 6.07) is 45.2. The zero-order chi connectivity index (χ0) is 43.2. The van der Waals surface area contributed by atoms with Gasteiger partial charge in [0.25, 0.3) is 0 Å². The van der Waals surface area contributed by atoms with E-state index in [2.05, 4.69) is 143 Å². The molecule has 0 unspecified atom stereocenters. The van der Waals surface area contributed by atoms with Crippen LogP contribution in [0.4, 0.5) is 0 Å². The number of hydrogen-bond acceptors (Lipinski definition) is 10. The number of aryl methyl sites for hydroxylation is 2. The zero-order valence-corrected chi connectivity index (χ0v) is 41.8. The molecule has 0 saturated heterocycles. The lowest BCUT2D eigenvalue weighted by molar-refractivity contribution is 0.124. The first-order chi connectivity index (χ1) is 31.6. The molecule has 0 aliphatic carbocycles. The summed E-state index contributed by atoms with van der Waals surface area (Å²) >= 11 is 20.5. The van der Waals surface area contributed by atoms with Crippen LogP contribution in [0.25, 0.3) is 71.7 Å². The van der Waals surface area contributed by atoms with Gasteiger partial charge in [0.15, 0.2) is 0 Å². The lowest BCUT2D eigenvalue weighted by Gasteiger charge is -2.20. The van der Waals surface area contributed by atoms with Gasteiger partial charge < -0.3 is 9.47 Å². The minimum atomic E-state index is 0.573. The maximum Gasteiger partial charge on any atom is 0.0717 e. The number of rotatable bonds is 19. The summed E-state index contributed by atoms with van der Waals surface area (Å²) in [5, 5.41) is 13.6. The standard InChI is InChI=1S/C54H46O2S8/c57-23-19-37-11-13-39-29-35(33-55-21-17-41-31-49(45-5-1-25-59-45)63-53(41)47-7-3-27-61-47)9-15-43(39)51(37)52-38(20-24-58)12-14-40-30-36(10-16-44(40)52)34-56-22-18-42-32-50(46-6-2-26-60-46)64-54(42)48-8-4-28-62-48/h1-16,25-32,57-58H,17-24,33-34H2. The van der Waals surface area contributed by atoms with Crippen molar-refractivity contribution < 1.29 is 9.47 Å². The van der Waals surface area contributed by atoms with E-state index in [0.29, 0.717) is 26.4 Å². The van der Waals surface area contributed by atoms with Crippen molar-refractivity contribution in [1.29, 1.82) is 0 Å². The number of benzene rings is 4. The van der Waals surface area contributed by atoms with Crippen LogP contribution in [0, 0.1) is 0 Å². The molecule has 64 heavy (non-hydrogen) atoms. The monoisotopic (exact) mass is 982 g/mol. The molecule has 0 aliphatic heterocycles. The molecule has 10 heteroatoms. The van der Waals surface area contributed by atoms with Crippen LogP contribution in [0.3, 0.4) is 0 Å². The molecule has 10 rings (SSSR count). The highest BCUT2D eigenvalue weighted by atomic mass is 32.1. The lowest BCUT2D eigenvalue weighted by atomic mass is 9.85. The van der Waals surface area contributed by atoms with E-state index in [0.717, 1.165) is 37.2 Å². The summed E-state index contributed by atoms with van der Waals surface area (Å²) in [5.41, 5.74) is 10.4. The van der Waals surface area contributed by atoms with Gasteiger partial charge in [-0.1, -0.05) is 72.8 Å². The third kappa shape index (κ3) is 9.70. The van der Waals surface area contributed by atoms with Crippen molar-refractivity contribution in [3.05, 3.63) is 176 Å². The Morgan fingerprint density at radius 2 is 0.812 bits per heavy atom. The smallest absolute Gasteiger partial charge is 0.0717 e. The molecule has 0 radical (unpaired) electrons. The molecule has 0 fully saturated rings. The Kier molecular flexibility index (Phi) is 14.3. The SMILES string of the molecule is SCCc1ccc2cc(COCCc3cc(-c4cccs4)sc3-c3cccs3)ccc2c1-c1c(CCS)ccc2cc(COCCc3cc(-c4cccs4)sc3-c3cccs3)ccc12. The Bertz CT molecular complexity index is 2870. The first-order valence-electron chi connectivity index (χ1n) is 21.5. The van der Waals surface area contributed by atoms with Gasteiger partial charge in [0.05, 0.1) is 26.4 Å². The highest BCUT2D eigenvalue weighted by Gasteiger charge is 2.19. The number of ether oxygens (including phenoxy) is 2. The summed E-state index contributed by atoms with van der Waals surface area (Å²) in [7, 11) is 0. The molecule has 0 spiro atoms. The Morgan fingerprint density at radius 3 is 1.20 bits per heavy atom. The Balaban J connectivity index is 0.870. The van der Waals surface area contributed by atoms with Crippen LogP contribution in [0.1, 0.15) is 33.4 Å². The van der Waals surface area contributed by atoms with E-state index in [1.165, 1.54) is 105 Å². The predicted octanol–water partition coefficient (Wildman–Crippen LogP) is 17.2. The van der Waals surface area contributed by atoms with Crippen LogP contribution < -0.4 is 0 Å². The van der Waals surface area contributed by atoms with Crippen molar-refractivity contribution in [2.75, 3.05) is 24.7 Å². The Labute approximate surface area is 410 Å². The average molecular weight is 983 g/mol. The molecule has 0 N–H and O–H groups in total. The van der Waals surface area contributed by atoms with Crippen molar-refractivity contribution in [1.82, 2.24) is 0 Å². The van der Waals surface area contributed by atoms with Gasteiger partial charge in [-0.05, 0) is 173 Å². The third-order valence-electron chi connectivity index (χ3n) is 11.6. The molecule has 0 aliphatic rings. The minimum absolute atomic E-state index is 0.573. The van der Waals surface area contributed by atoms with Crippen LogP contribution >= 0.6 is 93.3 Å². The summed E-state index contributed by atoms with van der Waals surface area (Å²) < 4.78 is 12.8. The first-order valence-corrected chi connectivity index (χ1v) is 27.9. The molecule has 0 bridgehead atoms. The molecular weight excluding hydrogens is 937 g/mol. The van der Waals surface area contributed by atoms with Crippen molar-refractivity contribution >= 4 is 115 Å². The minimum Gasteiger partial charge on any atom is -0.376 e. The van der Waals surface area contributed by atoms with Gasteiger partial charge in [-0.2, -0.15) is 25.3 Å². The highest BCUT2D eigenvalue weighted by molar-refractivity contribution is 7.80. The molecule has 0 saturated carbocycles. The summed E-state index contributed by atoms with van der Waals surface area (Å²) in [6.45, 7) is 2.48. The zero-order valence-electron chi connectivity index (χ0n) is 35.1. The van der Waals surface area contributed by atoms with Crippen LogP contribution in [-0.2, 0) is 48.4 Å². The van der Waals surface area contributed by atoms with Crippen LogP contribution in [0.2, 0.25) is 0 Å². The molecule has 322 valence electrons. The van der Waals surface area contributed by atoms with E-state index in [1.807, 2.05) is 45.3 Å². The second-order valence-corrected chi connectivity index (χ2v) is 22.5. The van der Waals surface area contributed by atoms with E-state index >= 15 is 0 Å². The maximum atomic E-state index is 6.42. The van der Waals surface area contributed by atoms with Crippen LogP contribution in [0.5, 0.6) is 0 Å². The third-order valence-corrected chi connectivity index (χ3v) is 18.6. The van der Waals surface area contributed by atoms with E-state index in [4.69, 9.17) is 34.7 Å². The van der Waals surface area contributed by atoms with Crippen molar-refractivity contribution in [3.63, 3.8) is 0 Å². The predicted molar refractivity (Wildman–Crippen MR) is 291 cm³/mol. The van der Waals surface area contributed by atoms with Gasteiger partial charge in [-0.25, -0.2) is 0 Å². The Morgan fingerprint density at radius 1 is 0.391 bits per heavy atom. The molecule has 2 nitrogen and oxygen atoms in total. The number of hydrogen-bond donors (Lipinski definition) is 2. The quantitative estimate of drug-likeness (QED) is 0.0621. The van der Waals surface area contributed by atoms with Crippen molar-refractivity contribution in [3.8, 4) is 50.1 Å². The van der Waals surface area contributed by atoms with E-state index < -0.39 is 0 Å². The van der Waals surface area contributed by atoms with Gasteiger partial charge in [-0.15, -0.1) is 68.0 Å². The second kappa shape index (κ2) is 20.8. The normalized spacial score (nSPS) is 11.7. The van der Waals surface area contributed by atoms with Gasteiger partial charge >= 0.3 is 0 Å². The molecule has 4 aromatic carbocycles. The first kappa shape index (κ1) is 44.1. The average Bonchev–Trinajstić information content (AvgIpc) is 4.18.